The number of benzene rings is 7. The highest BCUT2D eigenvalue weighted by Crippen LogP contribution is 2.45. The maximum atomic E-state index is 5.22. The van der Waals surface area contributed by atoms with Crippen molar-refractivity contribution in [1.82, 2.24) is 63.1 Å². The van der Waals surface area contributed by atoms with Gasteiger partial charge in [-0.2, -0.15) is 29.9 Å². The van der Waals surface area contributed by atoms with E-state index >= 15 is 0 Å². The number of pyridine rings is 3. The van der Waals surface area contributed by atoms with Crippen LogP contribution in [0.3, 0.4) is 0 Å². The predicted molar refractivity (Wildman–Crippen MR) is 347 cm³/mol. The molecule has 0 unspecified atom stereocenters. The van der Waals surface area contributed by atoms with Crippen LogP contribution in [-0.2, 0) is 0 Å². The van der Waals surface area contributed by atoms with Crippen molar-refractivity contribution in [3.05, 3.63) is 237 Å². The number of hydrogen-bond acceptors (Lipinski definition) is 12. The van der Waals surface area contributed by atoms with Gasteiger partial charge in [0.15, 0.2) is 11.6 Å². The van der Waals surface area contributed by atoms with Crippen LogP contribution in [0.25, 0.3) is 162 Å². The summed E-state index contributed by atoms with van der Waals surface area (Å²) < 4.78 is 12.1. The molecular weight excluding hydrogens is 1110 g/mol. The molecule has 0 aliphatic heterocycles. The monoisotopic (exact) mass is 1150 g/mol. The summed E-state index contributed by atoms with van der Waals surface area (Å²) in [4.78, 5) is 48.5. The topological polar surface area (TPSA) is 136 Å². The minimum Gasteiger partial charge on any atom is -0.278 e. The lowest BCUT2D eigenvalue weighted by Gasteiger charge is -2.11. The highest BCUT2D eigenvalue weighted by molar-refractivity contribution is 7.26. The standard InChI is InChI=1S/C35H19N7S2.C34H20N6S/c1-2-10-20(11-3-1)29-38-34(41-30-23(14-8-18-36-30)27-21-12-4-6-16-25(21)43-32(27)41)40-35(39-29)42-31-24(15-9-19-37-31)28-22-13-5-7-17-26(22)44-33(28)42;1-2-11-21(12-3-1)30-36-33(39-26-17-7-4-13-22(26)23-14-5-8-18-27(23)39)38-34(37-30)40-31-25(16-10-20-35-31)29-24-15-6-9-19-28(24)41-32(29)40/h1-19H;1-20H. The summed E-state index contributed by atoms with van der Waals surface area (Å²) in [6.45, 7) is 0. The summed E-state index contributed by atoms with van der Waals surface area (Å²) in [5.74, 6) is 3.35. The van der Waals surface area contributed by atoms with Crippen LogP contribution in [0.15, 0.2) is 237 Å². The molecule has 0 atom stereocenters. The molecule has 7 aromatic carbocycles. The highest BCUT2D eigenvalue weighted by Gasteiger charge is 2.27. The first-order valence-electron chi connectivity index (χ1n) is 27.6. The van der Waals surface area contributed by atoms with E-state index in [2.05, 4.69) is 158 Å². The average molecular weight is 1150 g/mol. The largest absolute Gasteiger partial charge is 0.278 e. The lowest BCUT2D eigenvalue weighted by molar-refractivity contribution is 0.888. The maximum absolute atomic E-state index is 5.22. The van der Waals surface area contributed by atoms with E-state index in [1.165, 1.54) is 35.6 Å². The third-order valence-corrected chi connectivity index (χ3v) is 19.3. The second-order valence-corrected chi connectivity index (χ2v) is 23.7. The van der Waals surface area contributed by atoms with Gasteiger partial charge >= 0.3 is 0 Å². The zero-order chi connectivity index (χ0) is 55.7. The molecule has 0 saturated heterocycles. The minimum atomic E-state index is 0.520. The van der Waals surface area contributed by atoms with Gasteiger partial charge in [0.1, 0.15) is 31.4 Å². The van der Waals surface area contributed by atoms with Gasteiger partial charge in [0.2, 0.25) is 23.8 Å². The Bertz CT molecular complexity index is 5670. The summed E-state index contributed by atoms with van der Waals surface area (Å²) >= 11 is 5.19. The molecule has 12 aromatic heterocycles. The van der Waals surface area contributed by atoms with E-state index in [1.807, 2.05) is 97.5 Å². The molecule has 398 valence electrons. The van der Waals surface area contributed by atoms with Crippen molar-refractivity contribution in [2.24, 2.45) is 0 Å². The zero-order valence-electron chi connectivity index (χ0n) is 44.6. The number of rotatable bonds is 6. The lowest BCUT2D eigenvalue weighted by Crippen LogP contribution is -2.10. The van der Waals surface area contributed by atoms with Gasteiger partial charge in [-0.05, 0) is 66.7 Å². The Kier molecular flexibility index (Phi) is 10.6. The Morgan fingerprint density at radius 1 is 0.247 bits per heavy atom. The molecule has 85 heavy (non-hydrogen) atoms. The highest BCUT2D eigenvalue weighted by atomic mass is 32.1. The first kappa shape index (κ1) is 47.7. The summed E-state index contributed by atoms with van der Waals surface area (Å²) in [6, 6.07) is 74.9. The van der Waals surface area contributed by atoms with Gasteiger partial charge in [-0.25, -0.2) is 15.0 Å². The Morgan fingerprint density at radius 2 is 0.541 bits per heavy atom. The second kappa shape index (κ2) is 18.8. The lowest BCUT2D eigenvalue weighted by atomic mass is 10.1. The number of fused-ring (bicyclic) bond motifs is 18. The Hall–Kier alpha value is -10.9. The summed E-state index contributed by atoms with van der Waals surface area (Å²) in [5.41, 5.74) is 6.40. The van der Waals surface area contributed by atoms with Crippen LogP contribution in [-0.4, -0.2) is 63.1 Å². The Balaban J connectivity index is 0.000000129. The Morgan fingerprint density at radius 3 is 0.906 bits per heavy atom. The SMILES string of the molecule is c1ccc(-c2nc(-n3c4ccccc4c4ccccc43)nc(-n3c4ncccc4c4c5ccccc5sc43)n2)cc1.c1ccc(-c2nc(-n3c4ncccc4c4c5ccccc5sc43)nc(-n3c4ncccc4c4c5ccccc5sc43)n2)cc1. The van der Waals surface area contributed by atoms with Crippen molar-refractivity contribution in [2.45, 2.75) is 0 Å². The quantitative estimate of drug-likeness (QED) is 0.159. The van der Waals surface area contributed by atoms with E-state index in [1.54, 1.807) is 34.0 Å². The molecule has 0 aliphatic rings. The molecule has 0 amide bonds. The van der Waals surface area contributed by atoms with Crippen molar-refractivity contribution in [1.29, 1.82) is 0 Å². The predicted octanol–water partition coefficient (Wildman–Crippen LogP) is 17.3. The maximum Gasteiger partial charge on any atom is 0.241 e. The van der Waals surface area contributed by atoms with E-state index in [0.29, 0.717) is 35.4 Å². The van der Waals surface area contributed by atoms with Crippen LogP contribution in [0.5, 0.6) is 0 Å². The molecule has 19 rings (SSSR count). The zero-order valence-corrected chi connectivity index (χ0v) is 47.0. The molecule has 13 nitrogen and oxygen atoms in total. The second-order valence-electron chi connectivity index (χ2n) is 20.6. The van der Waals surface area contributed by atoms with E-state index in [4.69, 9.17) is 44.9 Å². The van der Waals surface area contributed by atoms with Crippen LogP contribution < -0.4 is 0 Å². The molecule has 19 aromatic rings. The van der Waals surface area contributed by atoms with Crippen LogP contribution in [0.4, 0.5) is 0 Å². The van der Waals surface area contributed by atoms with Crippen molar-refractivity contribution in [2.75, 3.05) is 0 Å². The molecule has 0 N–H and O–H groups in total. The first-order chi connectivity index (χ1) is 42.2. The fourth-order valence-corrected chi connectivity index (χ4v) is 15.8. The molecule has 0 fully saturated rings. The Labute approximate surface area is 493 Å². The normalized spacial score (nSPS) is 12.0. The molecule has 0 spiro atoms. The van der Waals surface area contributed by atoms with Gasteiger partial charge in [-0.15, -0.1) is 34.0 Å². The fraction of sp³-hybridized carbons (Fsp3) is 0. The summed E-state index contributed by atoms with van der Waals surface area (Å²) in [7, 11) is 0. The van der Waals surface area contributed by atoms with E-state index < -0.39 is 0 Å². The third kappa shape index (κ3) is 7.29. The van der Waals surface area contributed by atoms with E-state index in [9.17, 15) is 0 Å². The smallest absolute Gasteiger partial charge is 0.241 e. The van der Waals surface area contributed by atoms with Gasteiger partial charge in [0, 0.05) is 103 Å². The van der Waals surface area contributed by atoms with Crippen molar-refractivity contribution >= 4 is 150 Å². The molecule has 0 bridgehead atoms. The number of aromatic nitrogens is 13. The van der Waals surface area contributed by atoms with E-state index in [0.717, 1.165) is 91.3 Å². The van der Waals surface area contributed by atoms with Gasteiger partial charge in [-0.1, -0.05) is 152 Å². The van der Waals surface area contributed by atoms with Gasteiger partial charge in [0.05, 0.1) is 11.0 Å². The van der Waals surface area contributed by atoms with Crippen molar-refractivity contribution < 1.29 is 0 Å². The fourth-order valence-electron chi connectivity index (χ4n) is 12.2. The van der Waals surface area contributed by atoms with Crippen LogP contribution in [0.1, 0.15) is 0 Å². The molecule has 16 heteroatoms. The number of nitrogens with zero attached hydrogens (tertiary/aromatic N) is 13. The molecule has 12 heterocycles. The number of para-hydroxylation sites is 2. The molecular formula is C69H39N13S3. The molecule has 0 radical (unpaired) electrons. The minimum absolute atomic E-state index is 0.520. The van der Waals surface area contributed by atoms with Gasteiger partial charge in [-0.3, -0.25) is 18.3 Å². The summed E-state index contributed by atoms with van der Waals surface area (Å²) in [6.07, 6.45) is 5.49. The van der Waals surface area contributed by atoms with Crippen LogP contribution >= 0.6 is 34.0 Å². The number of hydrogen-bond donors (Lipinski definition) is 0. The van der Waals surface area contributed by atoms with Crippen molar-refractivity contribution in [3.63, 3.8) is 0 Å². The van der Waals surface area contributed by atoms with Gasteiger partial charge < -0.3 is 0 Å². The summed E-state index contributed by atoms with van der Waals surface area (Å²) in [5, 5.41) is 12.7. The third-order valence-electron chi connectivity index (χ3n) is 15.8. The van der Waals surface area contributed by atoms with Crippen LogP contribution in [0.2, 0.25) is 0 Å². The van der Waals surface area contributed by atoms with Gasteiger partial charge in [0.25, 0.3) is 0 Å². The molecule has 0 aliphatic carbocycles. The first-order valence-corrected chi connectivity index (χ1v) is 30.1. The molecule has 0 saturated carbocycles. The van der Waals surface area contributed by atoms with Crippen molar-refractivity contribution in [3.8, 4) is 46.6 Å². The van der Waals surface area contributed by atoms with Crippen LogP contribution in [0, 0.1) is 0 Å². The average Bonchev–Trinajstić information content (AvgIpc) is 1.77. The van der Waals surface area contributed by atoms with E-state index in [-0.39, 0.29) is 0 Å². The number of thiophene rings is 3.